The molecule has 0 radical (unpaired) electrons. The summed E-state index contributed by atoms with van der Waals surface area (Å²) in [5.74, 6) is 0.488. The van der Waals surface area contributed by atoms with Crippen molar-refractivity contribution in [1.82, 2.24) is 24.6 Å². The van der Waals surface area contributed by atoms with Gasteiger partial charge in [-0.15, -0.1) is 11.3 Å². The fourth-order valence-corrected chi connectivity index (χ4v) is 4.52. The molecule has 1 aliphatic rings. The summed E-state index contributed by atoms with van der Waals surface area (Å²) in [7, 11) is 0. The van der Waals surface area contributed by atoms with E-state index in [1.54, 1.807) is 17.1 Å². The Labute approximate surface area is 179 Å². The van der Waals surface area contributed by atoms with Crippen molar-refractivity contribution < 1.29 is 9.53 Å². The number of pyridine rings is 1. The first-order valence-electron chi connectivity index (χ1n) is 10.1. The van der Waals surface area contributed by atoms with Crippen LogP contribution >= 0.6 is 11.3 Å². The zero-order valence-electron chi connectivity index (χ0n) is 17.4. The number of carbonyl (C=O) groups excluding carboxylic acids is 1. The summed E-state index contributed by atoms with van der Waals surface area (Å²) in [4.78, 5) is 24.2. The average Bonchev–Trinajstić information content (AvgIpc) is 3.34. The molecule has 1 saturated heterocycles. The fraction of sp³-hybridized carbons (Fsp3) is 0.429. The summed E-state index contributed by atoms with van der Waals surface area (Å²) in [6.45, 7) is 8.70. The molecule has 1 fully saturated rings. The highest BCUT2D eigenvalue weighted by molar-refractivity contribution is 7.14. The molecule has 1 N–H and O–H groups in total. The number of carbonyl (C=O) groups is 1. The summed E-state index contributed by atoms with van der Waals surface area (Å²) in [5, 5.41) is 9.89. The summed E-state index contributed by atoms with van der Waals surface area (Å²) in [6, 6.07) is 5.62. The Bertz CT molecular complexity index is 992. The number of nitrogens with one attached hydrogen (secondary N) is 1. The third kappa shape index (κ3) is 4.58. The number of ether oxygens (including phenoxy) is 1. The molecule has 0 aliphatic carbocycles. The van der Waals surface area contributed by atoms with Crippen LogP contribution in [0.15, 0.2) is 36.0 Å². The molecule has 9 heteroatoms. The van der Waals surface area contributed by atoms with E-state index in [0.29, 0.717) is 22.9 Å². The summed E-state index contributed by atoms with van der Waals surface area (Å²) in [5.41, 5.74) is 2.31. The number of aromatic nitrogens is 4. The topological polar surface area (TPSA) is 85.2 Å². The largest absolute Gasteiger partial charge is 0.373 e. The Kier molecular flexibility index (Phi) is 6.21. The lowest BCUT2D eigenvalue weighted by Crippen LogP contribution is -2.44. The van der Waals surface area contributed by atoms with Crippen LogP contribution in [0.1, 0.15) is 42.5 Å². The summed E-state index contributed by atoms with van der Waals surface area (Å²) >= 11 is 1.44. The SMILES string of the molecule is CCc1c(C(=O)Nc2nc(CN3CC(C)OC(C)C3)cs2)cnn1-c1ccccn1. The number of hydrogen-bond acceptors (Lipinski definition) is 7. The van der Waals surface area contributed by atoms with E-state index in [1.165, 1.54) is 11.3 Å². The predicted octanol–water partition coefficient (Wildman–Crippen LogP) is 3.15. The van der Waals surface area contributed by atoms with Crippen LogP contribution in [-0.4, -0.2) is 55.9 Å². The number of nitrogens with zero attached hydrogens (tertiary/aromatic N) is 5. The first-order chi connectivity index (χ1) is 14.5. The quantitative estimate of drug-likeness (QED) is 0.652. The summed E-state index contributed by atoms with van der Waals surface area (Å²) in [6.07, 6.45) is 4.40. The Morgan fingerprint density at radius 2 is 2.10 bits per heavy atom. The minimum atomic E-state index is -0.205. The number of rotatable bonds is 6. The molecule has 2 atom stereocenters. The average molecular weight is 427 g/mol. The van der Waals surface area contributed by atoms with Gasteiger partial charge in [-0.1, -0.05) is 13.0 Å². The molecular formula is C21H26N6O2S. The van der Waals surface area contributed by atoms with Gasteiger partial charge < -0.3 is 4.74 Å². The van der Waals surface area contributed by atoms with Crippen molar-refractivity contribution in [2.24, 2.45) is 0 Å². The lowest BCUT2D eigenvalue weighted by Gasteiger charge is -2.34. The standard InChI is InChI=1S/C21H26N6O2S/c1-4-18-17(9-23-27(18)19-7-5-6-8-22-19)20(28)25-21-24-16(13-30-21)12-26-10-14(2)29-15(3)11-26/h5-9,13-15H,4,10-12H2,1-3H3,(H,24,25,28). The van der Waals surface area contributed by atoms with E-state index in [-0.39, 0.29) is 18.1 Å². The first-order valence-corrected chi connectivity index (χ1v) is 11.0. The zero-order valence-corrected chi connectivity index (χ0v) is 18.2. The van der Waals surface area contributed by atoms with Crippen LogP contribution in [0.4, 0.5) is 5.13 Å². The molecule has 1 amide bonds. The van der Waals surface area contributed by atoms with Crippen molar-refractivity contribution in [3.8, 4) is 5.82 Å². The van der Waals surface area contributed by atoms with Crippen LogP contribution < -0.4 is 5.32 Å². The van der Waals surface area contributed by atoms with Gasteiger partial charge in [0.15, 0.2) is 10.9 Å². The van der Waals surface area contributed by atoms with Gasteiger partial charge in [-0.05, 0) is 32.4 Å². The fourth-order valence-electron chi connectivity index (χ4n) is 3.82. The van der Waals surface area contributed by atoms with E-state index < -0.39 is 0 Å². The third-order valence-corrected chi connectivity index (χ3v) is 5.77. The van der Waals surface area contributed by atoms with Crippen molar-refractivity contribution >= 4 is 22.4 Å². The molecule has 3 aromatic heterocycles. The van der Waals surface area contributed by atoms with E-state index >= 15 is 0 Å². The van der Waals surface area contributed by atoms with Crippen LogP contribution in [0, 0.1) is 0 Å². The smallest absolute Gasteiger partial charge is 0.260 e. The Hall–Kier alpha value is -2.62. The Morgan fingerprint density at radius 3 is 2.80 bits per heavy atom. The minimum Gasteiger partial charge on any atom is -0.373 e. The van der Waals surface area contributed by atoms with Gasteiger partial charge in [-0.3, -0.25) is 15.0 Å². The first kappa shape index (κ1) is 20.6. The van der Waals surface area contributed by atoms with Crippen molar-refractivity contribution in [2.45, 2.75) is 45.9 Å². The van der Waals surface area contributed by atoms with Gasteiger partial charge >= 0.3 is 0 Å². The molecule has 2 unspecified atom stereocenters. The monoisotopic (exact) mass is 426 g/mol. The van der Waals surface area contributed by atoms with Crippen molar-refractivity contribution in [3.63, 3.8) is 0 Å². The molecule has 3 aromatic rings. The normalized spacial score (nSPS) is 19.7. The number of hydrogen-bond donors (Lipinski definition) is 1. The van der Waals surface area contributed by atoms with E-state index in [2.05, 4.69) is 39.1 Å². The van der Waals surface area contributed by atoms with Crippen LogP contribution in [0.3, 0.4) is 0 Å². The van der Waals surface area contributed by atoms with Gasteiger partial charge in [-0.25, -0.2) is 14.6 Å². The van der Waals surface area contributed by atoms with Gasteiger partial charge in [0.25, 0.3) is 5.91 Å². The molecule has 1 aliphatic heterocycles. The third-order valence-electron chi connectivity index (χ3n) is 4.97. The highest BCUT2D eigenvalue weighted by Crippen LogP contribution is 2.21. The van der Waals surface area contributed by atoms with Crippen LogP contribution in [0.5, 0.6) is 0 Å². The van der Waals surface area contributed by atoms with E-state index in [0.717, 1.165) is 31.0 Å². The number of amides is 1. The second kappa shape index (κ2) is 9.03. The van der Waals surface area contributed by atoms with Gasteiger partial charge in [0.2, 0.25) is 0 Å². The second-order valence-corrected chi connectivity index (χ2v) is 8.37. The molecule has 4 heterocycles. The van der Waals surface area contributed by atoms with E-state index in [4.69, 9.17) is 4.74 Å². The highest BCUT2D eigenvalue weighted by atomic mass is 32.1. The van der Waals surface area contributed by atoms with E-state index in [1.807, 2.05) is 30.5 Å². The van der Waals surface area contributed by atoms with E-state index in [9.17, 15) is 4.79 Å². The maximum atomic E-state index is 12.9. The number of anilines is 1. The van der Waals surface area contributed by atoms with Gasteiger partial charge in [0, 0.05) is 31.2 Å². The Balaban J connectivity index is 1.44. The molecule has 30 heavy (non-hydrogen) atoms. The van der Waals surface area contributed by atoms with Crippen LogP contribution in [-0.2, 0) is 17.7 Å². The minimum absolute atomic E-state index is 0.205. The number of thiazole rings is 1. The maximum absolute atomic E-state index is 12.9. The molecule has 0 spiro atoms. The maximum Gasteiger partial charge on any atom is 0.260 e. The second-order valence-electron chi connectivity index (χ2n) is 7.51. The van der Waals surface area contributed by atoms with Crippen molar-refractivity contribution in [3.05, 3.63) is 52.9 Å². The molecule has 4 rings (SSSR count). The lowest BCUT2D eigenvalue weighted by atomic mass is 10.2. The van der Waals surface area contributed by atoms with Gasteiger partial charge in [0.05, 0.1) is 35.4 Å². The number of morpholine rings is 1. The molecule has 158 valence electrons. The van der Waals surface area contributed by atoms with Crippen molar-refractivity contribution in [1.29, 1.82) is 0 Å². The molecule has 8 nitrogen and oxygen atoms in total. The lowest BCUT2D eigenvalue weighted by molar-refractivity contribution is -0.0707. The van der Waals surface area contributed by atoms with Crippen molar-refractivity contribution in [2.75, 3.05) is 18.4 Å². The zero-order chi connectivity index (χ0) is 21.1. The van der Waals surface area contributed by atoms with Gasteiger partial charge in [0.1, 0.15) is 0 Å². The van der Waals surface area contributed by atoms with Crippen LogP contribution in [0.25, 0.3) is 5.82 Å². The Morgan fingerprint density at radius 1 is 1.30 bits per heavy atom. The van der Waals surface area contributed by atoms with Crippen LogP contribution in [0.2, 0.25) is 0 Å². The van der Waals surface area contributed by atoms with Gasteiger partial charge in [-0.2, -0.15) is 5.10 Å². The molecular weight excluding hydrogens is 400 g/mol. The molecule has 0 aromatic carbocycles. The summed E-state index contributed by atoms with van der Waals surface area (Å²) < 4.78 is 7.50. The highest BCUT2D eigenvalue weighted by Gasteiger charge is 2.23. The molecule has 0 bridgehead atoms. The predicted molar refractivity (Wildman–Crippen MR) is 116 cm³/mol. The molecule has 0 saturated carbocycles.